The van der Waals surface area contributed by atoms with Gasteiger partial charge in [0.25, 0.3) is 5.91 Å². The molecule has 1 amide bonds. The highest BCUT2D eigenvalue weighted by atomic mass is 35.5. The third kappa shape index (κ3) is 4.11. The van der Waals surface area contributed by atoms with Crippen molar-refractivity contribution in [1.82, 2.24) is 4.90 Å². The van der Waals surface area contributed by atoms with Crippen molar-refractivity contribution in [3.05, 3.63) is 53.1 Å². The summed E-state index contributed by atoms with van der Waals surface area (Å²) in [6.45, 7) is 7.20. The lowest BCUT2D eigenvalue weighted by Gasteiger charge is -2.36. The Balaban J connectivity index is 1.81. The molecule has 0 radical (unpaired) electrons. The second kappa shape index (κ2) is 8.43. The van der Waals surface area contributed by atoms with Gasteiger partial charge in [-0.1, -0.05) is 30.7 Å². The average Bonchev–Trinajstić information content (AvgIpc) is 2.68. The summed E-state index contributed by atoms with van der Waals surface area (Å²) in [5.74, 6) is 0.268. The Kier molecular flexibility index (Phi) is 6.01. The molecule has 0 bridgehead atoms. The Bertz CT molecular complexity index is 773. The summed E-state index contributed by atoms with van der Waals surface area (Å²) in [5.41, 5.74) is 2.26. The predicted octanol–water partition coefficient (Wildman–Crippen LogP) is 3.74. The van der Waals surface area contributed by atoms with E-state index in [1.807, 2.05) is 24.3 Å². The molecule has 2 aromatic carbocycles. The molecule has 1 aliphatic rings. The number of benzene rings is 2. The number of methoxy groups -OCH3 is 1. The highest BCUT2D eigenvalue weighted by Crippen LogP contribution is 2.29. The number of nitrogens with one attached hydrogen (secondary N) is 1. The second-order valence-corrected chi connectivity index (χ2v) is 6.67. The van der Waals surface area contributed by atoms with E-state index in [1.54, 1.807) is 25.3 Å². The molecule has 0 saturated carbocycles. The number of anilines is 2. The minimum atomic E-state index is -0.232. The number of likely N-dealkylation sites (N-methyl/N-ethyl adjacent to an activating group) is 1. The van der Waals surface area contributed by atoms with Crippen LogP contribution < -0.4 is 15.0 Å². The molecule has 0 atom stereocenters. The van der Waals surface area contributed by atoms with Gasteiger partial charge in [-0.3, -0.25) is 4.79 Å². The van der Waals surface area contributed by atoms with Crippen LogP contribution in [0.4, 0.5) is 11.4 Å². The summed E-state index contributed by atoms with van der Waals surface area (Å²) in [6, 6.07) is 12.9. The van der Waals surface area contributed by atoms with Crippen molar-refractivity contribution in [2.45, 2.75) is 6.92 Å². The Morgan fingerprint density at radius 2 is 1.88 bits per heavy atom. The maximum absolute atomic E-state index is 12.8. The van der Waals surface area contributed by atoms with Crippen molar-refractivity contribution in [2.75, 3.05) is 50.1 Å². The van der Waals surface area contributed by atoms with Crippen LogP contribution in [0.3, 0.4) is 0 Å². The summed E-state index contributed by atoms with van der Waals surface area (Å²) < 4.78 is 5.29. The molecule has 1 saturated heterocycles. The molecule has 138 valence electrons. The molecule has 26 heavy (non-hydrogen) atoms. The first-order chi connectivity index (χ1) is 12.6. The fourth-order valence-corrected chi connectivity index (χ4v) is 3.38. The number of rotatable bonds is 5. The van der Waals surface area contributed by atoms with Crippen molar-refractivity contribution in [3.8, 4) is 5.75 Å². The highest BCUT2D eigenvalue weighted by molar-refractivity contribution is 6.31. The smallest absolute Gasteiger partial charge is 0.259 e. The molecule has 1 fully saturated rings. The molecule has 1 heterocycles. The van der Waals surface area contributed by atoms with Crippen LogP contribution in [-0.4, -0.2) is 50.6 Å². The summed E-state index contributed by atoms with van der Waals surface area (Å²) in [5, 5.41) is 3.52. The number of amides is 1. The normalized spacial score (nSPS) is 15.0. The van der Waals surface area contributed by atoms with Gasteiger partial charge in [0.2, 0.25) is 0 Å². The van der Waals surface area contributed by atoms with Crippen molar-refractivity contribution < 1.29 is 9.53 Å². The lowest BCUT2D eigenvalue weighted by atomic mass is 10.1. The molecule has 0 aromatic heterocycles. The van der Waals surface area contributed by atoms with Crippen LogP contribution in [0.2, 0.25) is 5.02 Å². The lowest BCUT2D eigenvalue weighted by molar-refractivity contribution is 0.102. The van der Waals surface area contributed by atoms with Gasteiger partial charge >= 0.3 is 0 Å². The zero-order valence-electron chi connectivity index (χ0n) is 15.2. The number of hydrogen-bond acceptors (Lipinski definition) is 4. The van der Waals surface area contributed by atoms with Crippen LogP contribution in [0.25, 0.3) is 0 Å². The predicted molar refractivity (Wildman–Crippen MR) is 107 cm³/mol. The number of ether oxygens (including phenoxy) is 1. The molecule has 1 aliphatic heterocycles. The molecule has 0 unspecified atom stereocenters. The number of piperazine rings is 1. The van der Waals surface area contributed by atoms with Crippen LogP contribution >= 0.6 is 11.6 Å². The Morgan fingerprint density at radius 3 is 2.58 bits per heavy atom. The molecule has 2 aromatic rings. The van der Waals surface area contributed by atoms with E-state index in [1.165, 1.54) is 0 Å². The van der Waals surface area contributed by atoms with Gasteiger partial charge in [-0.2, -0.15) is 0 Å². The first-order valence-electron chi connectivity index (χ1n) is 8.83. The van der Waals surface area contributed by atoms with Crippen LogP contribution in [0.5, 0.6) is 5.75 Å². The van der Waals surface area contributed by atoms with Crippen molar-refractivity contribution >= 4 is 28.9 Å². The van der Waals surface area contributed by atoms with Gasteiger partial charge in [0.15, 0.2) is 0 Å². The largest absolute Gasteiger partial charge is 0.496 e. The van der Waals surface area contributed by atoms with Gasteiger partial charge in [-0.15, -0.1) is 0 Å². The Hall–Kier alpha value is -2.24. The number of para-hydroxylation sites is 2. The minimum absolute atomic E-state index is 0.232. The highest BCUT2D eigenvalue weighted by Gasteiger charge is 2.20. The summed E-state index contributed by atoms with van der Waals surface area (Å²) in [6.07, 6.45) is 0. The number of halogens is 1. The van der Waals surface area contributed by atoms with Crippen molar-refractivity contribution in [2.24, 2.45) is 0 Å². The van der Waals surface area contributed by atoms with Crippen LogP contribution in [-0.2, 0) is 0 Å². The fraction of sp³-hybridized carbons (Fsp3) is 0.350. The van der Waals surface area contributed by atoms with Crippen LogP contribution in [0, 0.1) is 0 Å². The van der Waals surface area contributed by atoms with Gasteiger partial charge in [-0.25, -0.2) is 0 Å². The minimum Gasteiger partial charge on any atom is -0.496 e. The summed E-state index contributed by atoms with van der Waals surface area (Å²) in [4.78, 5) is 17.5. The lowest BCUT2D eigenvalue weighted by Crippen LogP contribution is -2.46. The summed E-state index contributed by atoms with van der Waals surface area (Å²) >= 11 is 6.05. The Labute approximate surface area is 159 Å². The van der Waals surface area contributed by atoms with E-state index in [0.29, 0.717) is 16.3 Å². The van der Waals surface area contributed by atoms with Crippen LogP contribution in [0.1, 0.15) is 17.3 Å². The molecule has 6 heteroatoms. The number of carbonyl (C=O) groups is 1. The van der Waals surface area contributed by atoms with Crippen molar-refractivity contribution in [3.63, 3.8) is 0 Å². The quantitative estimate of drug-likeness (QED) is 0.867. The van der Waals surface area contributed by atoms with Gasteiger partial charge in [0, 0.05) is 31.2 Å². The van der Waals surface area contributed by atoms with E-state index >= 15 is 0 Å². The van der Waals surface area contributed by atoms with E-state index < -0.39 is 0 Å². The third-order valence-electron chi connectivity index (χ3n) is 4.72. The maximum Gasteiger partial charge on any atom is 0.259 e. The number of hydrogen-bond donors (Lipinski definition) is 1. The van der Waals surface area contributed by atoms with Gasteiger partial charge in [-0.05, 0) is 36.9 Å². The molecule has 0 spiro atoms. The topological polar surface area (TPSA) is 44.8 Å². The number of carbonyl (C=O) groups excluding carboxylic acids is 1. The van der Waals surface area contributed by atoms with E-state index in [0.717, 1.165) is 44.1 Å². The first-order valence-corrected chi connectivity index (χ1v) is 9.21. The van der Waals surface area contributed by atoms with E-state index in [4.69, 9.17) is 16.3 Å². The van der Waals surface area contributed by atoms with E-state index in [2.05, 4.69) is 22.0 Å². The van der Waals surface area contributed by atoms with E-state index in [9.17, 15) is 4.79 Å². The monoisotopic (exact) mass is 373 g/mol. The SMILES string of the molecule is CCN1CCN(c2ccccc2NC(=O)c2cc(Cl)ccc2OC)CC1. The van der Waals surface area contributed by atoms with Gasteiger partial charge < -0.3 is 19.9 Å². The van der Waals surface area contributed by atoms with Crippen molar-refractivity contribution in [1.29, 1.82) is 0 Å². The summed E-state index contributed by atoms with van der Waals surface area (Å²) in [7, 11) is 1.54. The van der Waals surface area contributed by atoms with Crippen LogP contribution in [0.15, 0.2) is 42.5 Å². The standard InChI is InChI=1S/C20H24ClN3O2/c1-3-23-10-12-24(13-11-23)18-7-5-4-6-17(18)22-20(25)16-14-15(21)8-9-19(16)26-2/h4-9,14H,3,10-13H2,1-2H3,(H,22,25). The van der Waals surface area contributed by atoms with E-state index in [-0.39, 0.29) is 5.91 Å². The molecule has 5 nitrogen and oxygen atoms in total. The second-order valence-electron chi connectivity index (χ2n) is 6.24. The average molecular weight is 374 g/mol. The first kappa shape index (κ1) is 18.5. The van der Waals surface area contributed by atoms with Gasteiger partial charge in [0.05, 0.1) is 24.0 Å². The third-order valence-corrected chi connectivity index (χ3v) is 4.95. The Morgan fingerprint density at radius 1 is 1.15 bits per heavy atom. The molecule has 3 rings (SSSR count). The molecular weight excluding hydrogens is 350 g/mol. The molecular formula is C20H24ClN3O2. The van der Waals surface area contributed by atoms with Gasteiger partial charge in [0.1, 0.15) is 5.75 Å². The fourth-order valence-electron chi connectivity index (χ4n) is 3.21. The zero-order valence-corrected chi connectivity index (χ0v) is 15.9. The maximum atomic E-state index is 12.8. The molecule has 0 aliphatic carbocycles. The number of nitrogens with zero attached hydrogens (tertiary/aromatic N) is 2. The zero-order chi connectivity index (χ0) is 18.5. The molecule has 1 N–H and O–H groups in total.